The molecule has 78 valence electrons. The van der Waals surface area contributed by atoms with E-state index in [1.165, 1.54) is 6.07 Å². The molecule has 0 radical (unpaired) electrons. The van der Waals surface area contributed by atoms with Crippen molar-refractivity contribution in [3.05, 3.63) is 45.9 Å². The summed E-state index contributed by atoms with van der Waals surface area (Å²) in [6, 6.07) is 4.94. The van der Waals surface area contributed by atoms with E-state index in [1.807, 2.05) is 0 Å². The third kappa shape index (κ3) is 2.62. The lowest BCUT2D eigenvalue weighted by atomic mass is 10.1. The van der Waals surface area contributed by atoms with Crippen LogP contribution >= 0.6 is 15.9 Å². The van der Waals surface area contributed by atoms with Gasteiger partial charge in [-0.3, -0.25) is 0 Å². The monoisotopic (exact) mass is 269 g/mol. The number of rotatable bonds is 3. The van der Waals surface area contributed by atoms with Crippen molar-refractivity contribution in [1.29, 1.82) is 0 Å². The molecule has 0 amide bonds. The number of benzene rings is 1. The van der Waals surface area contributed by atoms with Crippen LogP contribution < -0.4 is 0 Å². The number of nitrogens with zero attached hydrogens (tertiary/aromatic N) is 2. The predicted octanol–water partition coefficient (Wildman–Crippen LogP) is 2.49. The van der Waals surface area contributed by atoms with E-state index in [9.17, 15) is 4.39 Å². The van der Waals surface area contributed by atoms with Gasteiger partial charge in [-0.25, -0.2) is 4.39 Å². The lowest BCUT2D eigenvalue weighted by molar-refractivity contribution is 0.607. The first-order chi connectivity index (χ1) is 7.25. The molecule has 2 aromatic rings. The van der Waals surface area contributed by atoms with E-state index in [4.69, 9.17) is 0 Å². The number of nitrogens with one attached hydrogen (secondary N) is 1. The highest BCUT2D eigenvalue weighted by Gasteiger charge is 2.04. The molecule has 0 aliphatic heterocycles. The summed E-state index contributed by atoms with van der Waals surface area (Å²) in [6.45, 7) is 0. The van der Waals surface area contributed by atoms with Gasteiger partial charge in [-0.1, -0.05) is 15.9 Å². The first-order valence-corrected chi connectivity index (χ1v) is 5.33. The average molecular weight is 270 g/mol. The van der Waals surface area contributed by atoms with Gasteiger partial charge >= 0.3 is 0 Å². The first kappa shape index (κ1) is 10.3. The van der Waals surface area contributed by atoms with E-state index in [2.05, 4.69) is 31.3 Å². The van der Waals surface area contributed by atoms with Gasteiger partial charge in [0.15, 0.2) is 0 Å². The molecule has 0 spiro atoms. The van der Waals surface area contributed by atoms with Crippen LogP contribution in [0.4, 0.5) is 4.39 Å². The number of H-pyrrole nitrogens is 1. The standard InChI is InChI=1S/C10H9BrFN3/c11-8-2-4-10(12)7(5-8)1-3-9-6-13-15-14-9/h2,4-6H,1,3H2,(H,13,14,15). The van der Waals surface area contributed by atoms with Crippen molar-refractivity contribution < 1.29 is 4.39 Å². The SMILES string of the molecule is Fc1ccc(Br)cc1CCc1cn[nH]n1. The Labute approximate surface area is 94.8 Å². The minimum atomic E-state index is -0.179. The summed E-state index contributed by atoms with van der Waals surface area (Å²) in [7, 11) is 0. The van der Waals surface area contributed by atoms with Crippen LogP contribution in [0.2, 0.25) is 0 Å². The van der Waals surface area contributed by atoms with Gasteiger partial charge in [0.05, 0.1) is 11.9 Å². The molecule has 5 heteroatoms. The van der Waals surface area contributed by atoms with E-state index in [-0.39, 0.29) is 5.82 Å². The Hall–Kier alpha value is -1.23. The zero-order chi connectivity index (χ0) is 10.7. The number of aromatic nitrogens is 3. The van der Waals surface area contributed by atoms with Gasteiger partial charge in [0.25, 0.3) is 0 Å². The molecule has 0 fully saturated rings. The van der Waals surface area contributed by atoms with Gasteiger partial charge in [-0.15, -0.1) is 0 Å². The van der Waals surface area contributed by atoms with Crippen LogP contribution in [0, 0.1) is 5.82 Å². The molecule has 0 unspecified atom stereocenters. The van der Waals surface area contributed by atoms with E-state index >= 15 is 0 Å². The van der Waals surface area contributed by atoms with Gasteiger partial charge in [-0.05, 0) is 36.6 Å². The Morgan fingerprint density at radius 2 is 2.20 bits per heavy atom. The third-order valence-corrected chi connectivity index (χ3v) is 2.62. The number of aromatic amines is 1. The highest BCUT2D eigenvalue weighted by Crippen LogP contribution is 2.16. The van der Waals surface area contributed by atoms with E-state index in [0.717, 1.165) is 10.2 Å². The summed E-state index contributed by atoms with van der Waals surface area (Å²) in [5.41, 5.74) is 1.53. The van der Waals surface area contributed by atoms with Crippen LogP contribution in [0.3, 0.4) is 0 Å². The fourth-order valence-electron chi connectivity index (χ4n) is 1.34. The number of hydrogen-bond donors (Lipinski definition) is 1. The minimum absolute atomic E-state index is 0.179. The molecular weight excluding hydrogens is 261 g/mol. The van der Waals surface area contributed by atoms with Crippen LogP contribution in [0.15, 0.2) is 28.9 Å². The zero-order valence-corrected chi connectivity index (χ0v) is 9.46. The molecule has 0 saturated heterocycles. The van der Waals surface area contributed by atoms with E-state index in [0.29, 0.717) is 18.4 Å². The van der Waals surface area contributed by atoms with Crippen molar-refractivity contribution in [2.75, 3.05) is 0 Å². The van der Waals surface area contributed by atoms with Crippen LogP contribution in [0.25, 0.3) is 0 Å². The molecule has 1 heterocycles. The summed E-state index contributed by atoms with van der Waals surface area (Å²) in [4.78, 5) is 0. The van der Waals surface area contributed by atoms with Crippen LogP contribution in [0.5, 0.6) is 0 Å². The molecule has 15 heavy (non-hydrogen) atoms. The first-order valence-electron chi connectivity index (χ1n) is 4.54. The Bertz CT molecular complexity index is 442. The van der Waals surface area contributed by atoms with Gasteiger partial charge in [-0.2, -0.15) is 15.4 Å². The third-order valence-electron chi connectivity index (χ3n) is 2.12. The lowest BCUT2D eigenvalue weighted by Gasteiger charge is -2.01. The quantitative estimate of drug-likeness (QED) is 0.930. The Morgan fingerprint density at radius 3 is 2.93 bits per heavy atom. The van der Waals surface area contributed by atoms with Gasteiger partial charge in [0, 0.05) is 4.47 Å². The minimum Gasteiger partial charge on any atom is -0.207 e. The molecule has 1 aromatic heterocycles. The fraction of sp³-hybridized carbons (Fsp3) is 0.200. The van der Waals surface area contributed by atoms with Crippen molar-refractivity contribution >= 4 is 15.9 Å². The highest BCUT2D eigenvalue weighted by molar-refractivity contribution is 9.10. The number of hydrogen-bond acceptors (Lipinski definition) is 2. The zero-order valence-electron chi connectivity index (χ0n) is 7.87. The molecule has 0 bridgehead atoms. The number of halogens is 2. The maximum Gasteiger partial charge on any atom is 0.126 e. The normalized spacial score (nSPS) is 10.5. The Kier molecular flexibility index (Phi) is 3.11. The predicted molar refractivity (Wildman–Crippen MR) is 57.9 cm³/mol. The smallest absolute Gasteiger partial charge is 0.126 e. The molecule has 0 atom stereocenters. The van der Waals surface area contributed by atoms with Crippen LogP contribution in [-0.4, -0.2) is 15.4 Å². The Balaban J connectivity index is 2.07. The maximum absolute atomic E-state index is 13.3. The van der Waals surface area contributed by atoms with Gasteiger partial charge in [0.1, 0.15) is 5.82 Å². The molecular formula is C10H9BrFN3. The van der Waals surface area contributed by atoms with E-state index in [1.54, 1.807) is 18.3 Å². The van der Waals surface area contributed by atoms with Crippen molar-refractivity contribution in [3.8, 4) is 0 Å². The molecule has 1 N–H and O–H groups in total. The number of aryl methyl sites for hydroxylation is 2. The molecule has 0 aliphatic carbocycles. The van der Waals surface area contributed by atoms with Crippen LogP contribution in [-0.2, 0) is 12.8 Å². The molecule has 2 rings (SSSR count). The molecule has 3 nitrogen and oxygen atoms in total. The second-order valence-corrected chi connectivity index (χ2v) is 4.11. The average Bonchev–Trinajstić information content (AvgIpc) is 2.72. The van der Waals surface area contributed by atoms with Crippen molar-refractivity contribution in [2.45, 2.75) is 12.8 Å². The van der Waals surface area contributed by atoms with Gasteiger partial charge < -0.3 is 0 Å². The summed E-state index contributed by atoms with van der Waals surface area (Å²) in [5.74, 6) is -0.179. The topological polar surface area (TPSA) is 41.6 Å². The van der Waals surface area contributed by atoms with Crippen molar-refractivity contribution in [1.82, 2.24) is 15.4 Å². The summed E-state index contributed by atoms with van der Waals surface area (Å²) in [5, 5.41) is 10.1. The second kappa shape index (κ2) is 4.53. The summed E-state index contributed by atoms with van der Waals surface area (Å²) < 4.78 is 14.2. The largest absolute Gasteiger partial charge is 0.207 e. The Morgan fingerprint density at radius 1 is 1.33 bits per heavy atom. The fourth-order valence-corrected chi connectivity index (χ4v) is 1.75. The van der Waals surface area contributed by atoms with Gasteiger partial charge in [0.2, 0.25) is 0 Å². The maximum atomic E-state index is 13.3. The lowest BCUT2D eigenvalue weighted by Crippen LogP contribution is -1.95. The molecule has 1 aromatic carbocycles. The van der Waals surface area contributed by atoms with Crippen molar-refractivity contribution in [3.63, 3.8) is 0 Å². The van der Waals surface area contributed by atoms with Crippen molar-refractivity contribution in [2.24, 2.45) is 0 Å². The summed E-state index contributed by atoms with van der Waals surface area (Å²) in [6.07, 6.45) is 2.96. The second-order valence-electron chi connectivity index (χ2n) is 3.20. The molecule has 0 aliphatic rings. The molecule has 0 saturated carbocycles. The van der Waals surface area contributed by atoms with Crippen LogP contribution in [0.1, 0.15) is 11.3 Å². The summed E-state index contributed by atoms with van der Waals surface area (Å²) >= 11 is 3.31. The van der Waals surface area contributed by atoms with E-state index < -0.39 is 0 Å². The highest BCUT2D eigenvalue weighted by atomic mass is 79.9.